The lowest BCUT2D eigenvalue weighted by atomic mass is 10.2. The summed E-state index contributed by atoms with van der Waals surface area (Å²) in [6, 6.07) is 11.5. The molecule has 3 rings (SSSR count). The third-order valence-electron chi connectivity index (χ3n) is 4.22. The Morgan fingerprint density at radius 3 is 2.68 bits per heavy atom. The summed E-state index contributed by atoms with van der Waals surface area (Å²) < 4.78 is 7.86. The summed E-state index contributed by atoms with van der Waals surface area (Å²) in [4.78, 5) is 17.0. The first-order valence-electron chi connectivity index (χ1n) is 8.68. The second-order valence-electron chi connectivity index (χ2n) is 6.39. The number of hydrogen-bond acceptors (Lipinski definition) is 4. The molecule has 6 nitrogen and oxygen atoms in total. The average Bonchev–Trinajstić information content (AvgIpc) is 3.06. The van der Waals surface area contributed by atoms with E-state index in [4.69, 9.17) is 4.74 Å². The number of benzene rings is 1. The lowest BCUT2D eigenvalue weighted by Gasteiger charge is -2.13. The number of carbonyl (C=O) groups is 1. The van der Waals surface area contributed by atoms with E-state index in [0.717, 1.165) is 11.3 Å². The second kappa shape index (κ2) is 10.9. The normalized spacial score (nSPS) is 11.2. The van der Waals surface area contributed by atoms with Crippen molar-refractivity contribution in [2.45, 2.75) is 26.5 Å². The molecule has 0 aliphatic carbocycles. The number of amides is 1. The van der Waals surface area contributed by atoms with Gasteiger partial charge in [0.15, 0.2) is 0 Å². The van der Waals surface area contributed by atoms with Gasteiger partial charge in [0, 0.05) is 25.0 Å². The molecule has 28 heavy (non-hydrogen) atoms. The standard InChI is InChI=1S/C20H24N4O2.2ClH/c1-14-8-9-19-23-16(12-24(19)11-14)13-26-18-7-5-4-6-17(18)20(25)22-10-15(2)21-3;;/h4-9,11-12,15,21H,10,13H2,1-3H3,(H,22,25);2*1H. The topological polar surface area (TPSA) is 67.7 Å². The van der Waals surface area contributed by atoms with E-state index in [9.17, 15) is 4.79 Å². The lowest BCUT2D eigenvalue weighted by molar-refractivity contribution is 0.0946. The van der Waals surface area contributed by atoms with Crippen LogP contribution < -0.4 is 15.4 Å². The van der Waals surface area contributed by atoms with E-state index < -0.39 is 0 Å². The maximum Gasteiger partial charge on any atom is 0.255 e. The Morgan fingerprint density at radius 1 is 1.18 bits per heavy atom. The Balaban J connectivity index is 0.00000196. The number of halogens is 2. The fraction of sp³-hybridized carbons (Fsp3) is 0.300. The van der Waals surface area contributed by atoms with Gasteiger partial charge in [-0.1, -0.05) is 18.2 Å². The molecule has 0 bridgehead atoms. The number of ether oxygens (including phenoxy) is 1. The molecule has 8 heteroatoms. The minimum atomic E-state index is -0.145. The average molecular weight is 425 g/mol. The molecule has 0 aliphatic heterocycles. The van der Waals surface area contributed by atoms with Crippen molar-refractivity contribution in [2.75, 3.05) is 13.6 Å². The van der Waals surface area contributed by atoms with Crippen LogP contribution in [-0.2, 0) is 6.61 Å². The van der Waals surface area contributed by atoms with E-state index in [-0.39, 0.29) is 36.8 Å². The highest BCUT2D eigenvalue weighted by Gasteiger charge is 2.13. The predicted molar refractivity (Wildman–Crippen MR) is 116 cm³/mol. The molecule has 2 aromatic heterocycles. The van der Waals surface area contributed by atoms with Gasteiger partial charge in [-0.3, -0.25) is 4.79 Å². The molecule has 0 saturated heterocycles. The van der Waals surface area contributed by atoms with Crippen molar-refractivity contribution >= 4 is 36.4 Å². The Bertz CT molecular complexity index is 914. The molecule has 152 valence electrons. The summed E-state index contributed by atoms with van der Waals surface area (Å²) in [5.41, 5.74) is 3.38. The largest absolute Gasteiger partial charge is 0.486 e. The van der Waals surface area contributed by atoms with Crippen molar-refractivity contribution in [2.24, 2.45) is 0 Å². The zero-order valence-electron chi connectivity index (χ0n) is 16.1. The van der Waals surface area contributed by atoms with E-state index in [1.165, 1.54) is 5.56 Å². The number of aromatic nitrogens is 2. The predicted octanol–water partition coefficient (Wildman–Crippen LogP) is 3.40. The summed E-state index contributed by atoms with van der Waals surface area (Å²) in [5, 5.41) is 6.01. The first kappa shape index (κ1) is 23.8. The van der Waals surface area contributed by atoms with Gasteiger partial charge in [-0.05, 0) is 44.7 Å². The van der Waals surface area contributed by atoms with Crippen LogP contribution in [0.1, 0.15) is 28.5 Å². The molecule has 3 aromatic rings. The van der Waals surface area contributed by atoms with Crippen LogP contribution in [0.2, 0.25) is 0 Å². The van der Waals surface area contributed by atoms with Crippen molar-refractivity contribution in [3.05, 3.63) is 65.6 Å². The first-order valence-corrected chi connectivity index (χ1v) is 8.68. The third-order valence-corrected chi connectivity index (χ3v) is 4.22. The molecule has 0 spiro atoms. The summed E-state index contributed by atoms with van der Waals surface area (Å²) >= 11 is 0. The van der Waals surface area contributed by atoms with E-state index in [2.05, 4.69) is 15.6 Å². The molecule has 0 saturated carbocycles. The smallest absolute Gasteiger partial charge is 0.255 e. The number of nitrogens with zero attached hydrogens (tertiary/aromatic N) is 2. The van der Waals surface area contributed by atoms with Gasteiger partial charge in [-0.15, -0.1) is 24.8 Å². The molecule has 1 atom stereocenters. The van der Waals surface area contributed by atoms with Gasteiger partial charge in [0.25, 0.3) is 5.91 Å². The number of imidazole rings is 1. The maximum absolute atomic E-state index is 12.4. The molecule has 0 radical (unpaired) electrons. The SMILES string of the molecule is CNC(C)CNC(=O)c1ccccc1OCc1cn2cc(C)ccc2n1.Cl.Cl. The molecule has 1 amide bonds. The fourth-order valence-corrected chi connectivity index (χ4v) is 2.60. The Kier molecular flexibility index (Phi) is 9.25. The highest BCUT2D eigenvalue weighted by atomic mass is 35.5. The van der Waals surface area contributed by atoms with Crippen LogP contribution in [0.5, 0.6) is 5.75 Å². The highest BCUT2D eigenvalue weighted by molar-refractivity contribution is 5.96. The molecule has 0 fully saturated rings. The number of hydrogen-bond donors (Lipinski definition) is 2. The monoisotopic (exact) mass is 424 g/mol. The van der Waals surface area contributed by atoms with E-state index in [1.54, 1.807) is 12.1 Å². The van der Waals surface area contributed by atoms with Gasteiger partial charge in [0.1, 0.15) is 18.0 Å². The van der Waals surface area contributed by atoms with Gasteiger partial charge < -0.3 is 19.8 Å². The Hall–Kier alpha value is -2.28. The van der Waals surface area contributed by atoms with Crippen molar-refractivity contribution in [1.29, 1.82) is 0 Å². The molecular weight excluding hydrogens is 399 g/mol. The summed E-state index contributed by atoms with van der Waals surface area (Å²) in [6.07, 6.45) is 3.97. The summed E-state index contributed by atoms with van der Waals surface area (Å²) in [6.45, 7) is 4.90. The maximum atomic E-state index is 12.4. The molecular formula is C20H26Cl2N4O2. The van der Waals surface area contributed by atoms with E-state index >= 15 is 0 Å². The highest BCUT2D eigenvalue weighted by Crippen LogP contribution is 2.19. The second-order valence-corrected chi connectivity index (χ2v) is 6.39. The molecule has 0 aliphatic rings. The Morgan fingerprint density at radius 2 is 1.93 bits per heavy atom. The number of aryl methyl sites for hydroxylation is 1. The van der Waals surface area contributed by atoms with Gasteiger partial charge in [-0.25, -0.2) is 4.98 Å². The first-order chi connectivity index (χ1) is 12.6. The van der Waals surface area contributed by atoms with E-state index in [1.807, 2.05) is 62.0 Å². The number of para-hydroxylation sites is 1. The lowest BCUT2D eigenvalue weighted by Crippen LogP contribution is -2.37. The molecule has 1 aromatic carbocycles. The summed E-state index contributed by atoms with van der Waals surface area (Å²) in [7, 11) is 1.87. The zero-order valence-corrected chi connectivity index (χ0v) is 17.8. The fourth-order valence-electron chi connectivity index (χ4n) is 2.60. The van der Waals surface area contributed by atoms with E-state index in [0.29, 0.717) is 24.5 Å². The number of nitrogens with one attached hydrogen (secondary N) is 2. The van der Waals surface area contributed by atoms with Gasteiger partial charge >= 0.3 is 0 Å². The molecule has 2 heterocycles. The number of likely N-dealkylation sites (N-methyl/N-ethyl adjacent to an activating group) is 1. The Labute approximate surface area is 177 Å². The van der Waals surface area contributed by atoms with Crippen LogP contribution >= 0.6 is 24.8 Å². The van der Waals surface area contributed by atoms with Crippen molar-refractivity contribution in [1.82, 2.24) is 20.0 Å². The van der Waals surface area contributed by atoms with Crippen LogP contribution in [0, 0.1) is 6.92 Å². The van der Waals surface area contributed by atoms with Crippen LogP contribution in [0.3, 0.4) is 0 Å². The number of fused-ring (bicyclic) bond motifs is 1. The summed E-state index contributed by atoms with van der Waals surface area (Å²) in [5.74, 6) is 0.406. The quantitative estimate of drug-likeness (QED) is 0.609. The van der Waals surface area contributed by atoms with Gasteiger partial charge in [0.05, 0.1) is 11.3 Å². The van der Waals surface area contributed by atoms with Crippen LogP contribution in [0.25, 0.3) is 5.65 Å². The van der Waals surface area contributed by atoms with Crippen molar-refractivity contribution in [3.8, 4) is 5.75 Å². The number of rotatable bonds is 7. The van der Waals surface area contributed by atoms with Crippen molar-refractivity contribution < 1.29 is 9.53 Å². The van der Waals surface area contributed by atoms with Gasteiger partial charge in [0.2, 0.25) is 0 Å². The van der Waals surface area contributed by atoms with Crippen LogP contribution in [0.4, 0.5) is 0 Å². The minimum Gasteiger partial charge on any atom is -0.486 e. The number of pyridine rings is 1. The van der Waals surface area contributed by atoms with Crippen LogP contribution in [0.15, 0.2) is 48.8 Å². The third kappa shape index (κ3) is 5.86. The van der Waals surface area contributed by atoms with Crippen LogP contribution in [-0.4, -0.2) is 34.9 Å². The molecule has 2 N–H and O–H groups in total. The van der Waals surface area contributed by atoms with Gasteiger partial charge in [-0.2, -0.15) is 0 Å². The minimum absolute atomic E-state index is 0. The number of carbonyl (C=O) groups excluding carboxylic acids is 1. The van der Waals surface area contributed by atoms with Crippen molar-refractivity contribution in [3.63, 3.8) is 0 Å². The molecule has 1 unspecified atom stereocenters. The zero-order chi connectivity index (χ0) is 18.5.